The van der Waals surface area contributed by atoms with Gasteiger partial charge in [0.25, 0.3) is 5.69 Å². The molecule has 8 heteroatoms. The molecule has 1 atom stereocenters. The van der Waals surface area contributed by atoms with Crippen molar-refractivity contribution in [1.29, 1.82) is 0 Å². The standard InChI is InChI=1S/C24H21N3O5/c1-32-21-11-10-15(27(30)31)12-14(21)13-20(23(25)28)26-24(29)22-18-8-4-2-6-16(18)17-7-3-5-9-19(17)22/h2-12,20,22H,13H2,1H3,(H2,25,28)(H,26,29)/t20-/m0/s1. The number of nitro benzene ring substituents is 1. The number of non-ortho nitro benzene ring substituents is 1. The maximum atomic E-state index is 13.3. The summed E-state index contributed by atoms with van der Waals surface area (Å²) in [4.78, 5) is 36.2. The Bertz CT molecular complexity index is 1180. The molecule has 0 spiro atoms. The summed E-state index contributed by atoms with van der Waals surface area (Å²) in [6.07, 6.45) is -0.0397. The van der Waals surface area contributed by atoms with Crippen LogP contribution in [0.4, 0.5) is 5.69 Å². The quantitative estimate of drug-likeness (QED) is 0.440. The van der Waals surface area contributed by atoms with Crippen molar-refractivity contribution in [3.05, 3.63) is 93.5 Å². The van der Waals surface area contributed by atoms with Crippen molar-refractivity contribution < 1.29 is 19.2 Å². The summed E-state index contributed by atoms with van der Waals surface area (Å²) in [6.45, 7) is 0. The third-order valence-electron chi connectivity index (χ3n) is 5.65. The first-order valence-corrected chi connectivity index (χ1v) is 10.00. The Morgan fingerprint density at radius 1 is 1.06 bits per heavy atom. The Morgan fingerprint density at radius 2 is 1.66 bits per heavy atom. The topological polar surface area (TPSA) is 125 Å². The molecule has 0 saturated carbocycles. The first-order chi connectivity index (χ1) is 15.4. The van der Waals surface area contributed by atoms with Crippen LogP contribution in [-0.4, -0.2) is 29.9 Å². The number of benzene rings is 3. The summed E-state index contributed by atoms with van der Waals surface area (Å²) in [5, 5.41) is 13.9. The fourth-order valence-electron chi connectivity index (χ4n) is 4.17. The second-order valence-electron chi connectivity index (χ2n) is 7.53. The summed E-state index contributed by atoms with van der Waals surface area (Å²) in [5.74, 6) is -1.33. The number of primary amides is 1. The first-order valence-electron chi connectivity index (χ1n) is 10.00. The maximum Gasteiger partial charge on any atom is 0.269 e. The lowest BCUT2D eigenvalue weighted by atomic mass is 9.95. The van der Waals surface area contributed by atoms with Crippen LogP contribution in [0, 0.1) is 10.1 Å². The predicted octanol–water partition coefficient (Wildman–Crippen LogP) is 2.93. The highest BCUT2D eigenvalue weighted by atomic mass is 16.6. The number of amides is 2. The highest BCUT2D eigenvalue weighted by molar-refractivity contribution is 5.98. The molecular formula is C24H21N3O5. The van der Waals surface area contributed by atoms with Crippen molar-refractivity contribution >= 4 is 17.5 Å². The summed E-state index contributed by atoms with van der Waals surface area (Å²) in [7, 11) is 1.43. The number of hydrogen-bond donors (Lipinski definition) is 2. The fourth-order valence-corrected chi connectivity index (χ4v) is 4.17. The van der Waals surface area contributed by atoms with Crippen LogP contribution in [0.2, 0.25) is 0 Å². The molecule has 2 amide bonds. The fraction of sp³-hybridized carbons (Fsp3) is 0.167. The van der Waals surface area contributed by atoms with E-state index in [4.69, 9.17) is 10.5 Å². The molecule has 0 bridgehead atoms. The SMILES string of the molecule is COc1ccc([N+](=O)[O-])cc1C[C@H](NC(=O)C1c2ccccc2-c2ccccc21)C(N)=O. The van der Waals surface area contributed by atoms with Crippen LogP contribution in [0.3, 0.4) is 0 Å². The number of fused-ring (bicyclic) bond motifs is 3. The van der Waals surface area contributed by atoms with Crippen molar-refractivity contribution in [2.75, 3.05) is 7.11 Å². The highest BCUT2D eigenvalue weighted by Crippen LogP contribution is 2.44. The maximum absolute atomic E-state index is 13.3. The average Bonchev–Trinajstić information content (AvgIpc) is 3.13. The predicted molar refractivity (Wildman–Crippen MR) is 118 cm³/mol. The van der Waals surface area contributed by atoms with E-state index >= 15 is 0 Å². The van der Waals surface area contributed by atoms with Gasteiger partial charge in [-0.3, -0.25) is 19.7 Å². The van der Waals surface area contributed by atoms with Gasteiger partial charge >= 0.3 is 0 Å². The van der Waals surface area contributed by atoms with Gasteiger partial charge in [0, 0.05) is 24.1 Å². The summed E-state index contributed by atoms with van der Waals surface area (Å²) in [6, 6.07) is 18.3. The van der Waals surface area contributed by atoms with Crippen LogP contribution in [0.1, 0.15) is 22.6 Å². The van der Waals surface area contributed by atoms with E-state index < -0.39 is 22.8 Å². The Kier molecular flexibility index (Phi) is 5.59. The van der Waals surface area contributed by atoms with Crippen LogP contribution >= 0.6 is 0 Å². The van der Waals surface area contributed by atoms with Crippen molar-refractivity contribution in [2.24, 2.45) is 5.73 Å². The van der Waals surface area contributed by atoms with Gasteiger partial charge in [0.05, 0.1) is 18.0 Å². The van der Waals surface area contributed by atoms with Gasteiger partial charge in [0.1, 0.15) is 11.8 Å². The largest absolute Gasteiger partial charge is 0.496 e. The number of nitrogens with one attached hydrogen (secondary N) is 1. The molecular weight excluding hydrogens is 410 g/mol. The number of nitrogens with zero attached hydrogens (tertiary/aromatic N) is 1. The lowest BCUT2D eigenvalue weighted by Crippen LogP contribution is -2.47. The van der Waals surface area contributed by atoms with E-state index in [2.05, 4.69) is 5.32 Å². The van der Waals surface area contributed by atoms with Crippen molar-refractivity contribution in [1.82, 2.24) is 5.32 Å². The van der Waals surface area contributed by atoms with E-state index in [-0.39, 0.29) is 18.0 Å². The van der Waals surface area contributed by atoms with E-state index in [0.29, 0.717) is 11.3 Å². The minimum atomic E-state index is -1.07. The first kappa shape index (κ1) is 21.0. The molecule has 0 aliphatic heterocycles. The molecule has 0 aromatic heterocycles. The van der Waals surface area contributed by atoms with Gasteiger partial charge in [-0.15, -0.1) is 0 Å². The Balaban J connectivity index is 1.64. The van der Waals surface area contributed by atoms with Crippen LogP contribution in [-0.2, 0) is 16.0 Å². The van der Waals surface area contributed by atoms with Gasteiger partial charge in [-0.2, -0.15) is 0 Å². The van der Waals surface area contributed by atoms with Gasteiger partial charge in [-0.1, -0.05) is 48.5 Å². The normalized spacial score (nSPS) is 13.0. The minimum Gasteiger partial charge on any atom is -0.496 e. The molecule has 162 valence electrons. The van der Waals surface area contributed by atoms with E-state index in [0.717, 1.165) is 22.3 Å². The molecule has 0 unspecified atom stereocenters. The molecule has 3 aromatic carbocycles. The zero-order chi connectivity index (χ0) is 22.8. The monoisotopic (exact) mass is 431 g/mol. The average molecular weight is 431 g/mol. The van der Waals surface area contributed by atoms with Crippen LogP contribution < -0.4 is 15.8 Å². The molecule has 8 nitrogen and oxygen atoms in total. The number of carbonyl (C=O) groups excluding carboxylic acids is 2. The van der Waals surface area contributed by atoms with E-state index in [1.165, 1.54) is 25.3 Å². The molecule has 4 rings (SSSR count). The Morgan fingerprint density at radius 3 is 2.19 bits per heavy atom. The summed E-state index contributed by atoms with van der Waals surface area (Å²) < 4.78 is 5.27. The summed E-state index contributed by atoms with van der Waals surface area (Å²) in [5.41, 5.74) is 9.48. The molecule has 0 saturated heterocycles. The molecule has 3 N–H and O–H groups in total. The number of nitro groups is 1. The minimum absolute atomic E-state index is 0.0397. The van der Waals surface area contributed by atoms with Crippen molar-refractivity contribution in [3.8, 4) is 16.9 Å². The van der Waals surface area contributed by atoms with Crippen LogP contribution in [0.25, 0.3) is 11.1 Å². The Hall–Kier alpha value is -4.20. The van der Waals surface area contributed by atoms with E-state index in [1.807, 2.05) is 48.5 Å². The molecule has 32 heavy (non-hydrogen) atoms. The summed E-state index contributed by atoms with van der Waals surface area (Å²) >= 11 is 0. The number of carbonyl (C=O) groups is 2. The number of hydrogen-bond acceptors (Lipinski definition) is 5. The third-order valence-corrected chi connectivity index (χ3v) is 5.65. The molecule has 1 aliphatic carbocycles. The zero-order valence-corrected chi connectivity index (χ0v) is 17.3. The number of rotatable bonds is 7. The molecule has 0 heterocycles. The van der Waals surface area contributed by atoms with Crippen molar-refractivity contribution in [3.63, 3.8) is 0 Å². The van der Waals surface area contributed by atoms with Gasteiger partial charge < -0.3 is 15.8 Å². The highest BCUT2D eigenvalue weighted by Gasteiger charge is 2.35. The molecule has 0 radical (unpaired) electrons. The smallest absolute Gasteiger partial charge is 0.269 e. The second-order valence-corrected chi connectivity index (χ2v) is 7.53. The van der Waals surface area contributed by atoms with E-state index in [9.17, 15) is 19.7 Å². The van der Waals surface area contributed by atoms with Crippen LogP contribution in [0.5, 0.6) is 5.75 Å². The number of nitrogens with two attached hydrogens (primary N) is 1. The lowest BCUT2D eigenvalue weighted by Gasteiger charge is -2.20. The molecule has 0 fully saturated rings. The van der Waals surface area contributed by atoms with Gasteiger partial charge in [0.2, 0.25) is 11.8 Å². The molecule has 1 aliphatic rings. The number of methoxy groups -OCH3 is 1. The zero-order valence-electron chi connectivity index (χ0n) is 17.3. The van der Waals surface area contributed by atoms with Crippen molar-refractivity contribution in [2.45, 2.75) is 18.4 Å². The van der Waals surface area contributed by atoms with Gasteiger partial charge in [0.15, 0.2) is 0 Å². The van der Waals surface area contributed by atoms with Crippen LogP contribution in [0.15, 0.2) is 66.7 Å². The van der Waals surface area contributed by atoms with Gasteiger partial charge in [-0.05, 0) is 28.3 Å². The number of ether oxygens (including phenoxy) is 1. The van der Waals surface area contributed by atoms with Gasteiger partial charge in [-0.25, -0.2) is 0 Å². The lowest BCUT2D eigenvalue weighted by molar-refractivity contribution is -0.384. The second kappa shape index (κ2) is 8.50. The molecule has 3 aromatic rings. The third kappa shape index (κ3) is 3.78. The Labute approximate surface area is 184 Å². The van der Waals surface area contributed by atoms with E-state index in [1.54, 1.807) is 0 Å².